The smallest absolute Gasteiger partial charge is 0.150 e. The van der Waals surface area contributed by atoms with Gasteiger partial charge >= 0.3 is 0 Å². The van der Waals surface area contributed by atoms with Crippen LogP contribution in [0, 0.1) is 3.57 Å². The summed E-state index contributed by atoms with van der Waals surface area (Å²) in [4.78, 5) is 16.0. The number of nitrogens with zero attached hydrogens (tertiary/aromatic N) is 1. The van der Waals surface area contributed by atoms with E-state index >= 15 is 0 Å². The van der Waals surface area contributed by atoms with Crippen molar-refractivity contribution in [2.45, 2.75) is 42.4 Å². The lowest BCUT2D eigenvalue weighted by Gasteiger charge is -2.33. The number of hydrogen-bond donors (Lipinski definition) is 0. The second-order valence-corrected chi connectivity index (χ2v) is 8.10. The van der Waals surface area contributed by atoms with Crippen LogP contribution in [0.15, 0.2) is 46.2 Å². The second-order valence-electron chi connectivity index (χ2n) is 5.77. The van der Waals surface area contributed by atoms with E-state index in [2.05, 4.69) is 58.7 Å². The van der Waals surface area contributed by atoms with Gasteiger partial charge in [0.1, 0.15) is 6.29 Å². The molecule has 1 aliphatic heterocycles. The van der Waals surface area contributed by atoms with E-state index in [0.717, 1.165) is 18.4 Å². The van der Waals surface area contributed by atoms with Gasteiger partial charge in [0.05, 0.1) is 11.4 Å². The molecule has 1 aliphatic rings. The van der Waals surface area contributed by atoms with E-state index in [-0.39, 0.29) is 0 Å². The maximum Gasteiger partial charge on any atom is 0.150 e. The standard InChI is InChI=1S/C19H20INOS/c1-2-3-4-5-10-21-16-8-6-14(13-22)11-18(16)23-19-12-15(20)7-9-17(19)21/h6-9,11-13H,2-5,10H2,1H3. The van der Waals surface area contributed by atoms with Gasteiger partial charge in [0.15, 0.2) is 0 Å². The lowest BCUT2D eigenvalue weighted by molar-refractivity contribution is 0.112. The Morgan fingerprint density at radius 1 is 1.04 bits per heavy atom. The topological polar surface area (TPSA) is 20.3 Å². The van der Waals surface area contributed by atoms with E-state index in [4.69, 9.17) is 0 Å². The van der Waals surface area contributed by atoms with Gasteiger partial charge in [0.25, 0.3) is 0 Å². The van der Waals surface area contributed by atoms with Crippen molar-refractivity contribution in [3.05, 3.63) is 45.5 Å². The number of unbranched alkanes of at least 4 members (excludes halogenated alkanes) is 3. The third-order valence-electron chi connectivity index (χ3n) is 4.08. The number of fused-ring (bicyclic) bond motifs is 2. The van der Waals surface area contributed by atoms with E-state index < -0.39 is 0 Å². The molecular formula is C19H20INOS. The molecule has 120 valence electrons. The van der Waals surface area contributed by atoms with Gasteiger partial charge in [-0.3, -0.25) is 4.79 Å². The molecular weight excluding hydrogens is 417 g/mol. The molecule has 0 fully saturated rings. The predicted octanol–water partition coefficient (Wildman–Crippen LogP) is 6.29. The van der Waals surface area contributed by atoms with Gasteiger partial charge in [-0.2, -0.15) is 0 Å². The first-order chi connectivity index (χ1) is 11.2. The Hall–Kier alpha value is -1.01. The van der Waals surface area contributed by atoms with E-state index in [1.165, 1.54) is 50.4 Å². The monoisotopic (exact) mass is 437 g/mol. The van der Waals surface area contributed by atoms with E-state index in [1.54, 1.807) is 11.8 Å². The molecule has 1 heterocycles. The second kappa shape index (κ2) is 7.71. The largest absolute Gasteiger partial charge is 0.340 e. The summed E-state index contributed by atoms with van der Waals surface area (Å²) >= 11 is 4.13. The fourth-order valence-electron chi connectivity index (χ4n) is 2.89. The van der Waals surface area contributed by atoms with Gasteiger partial charge in [-0.05, 0) is 65.4 Å². The summed E-state index contributed by atoms with van der Waals surface area (Å²) in [7, 11) is 0. The summed E-state index contributed by atoms with van der Waals surface area (Å²) in [5.74, 6) is 0. The Morgan fingerprint density at radius 2 is 1.78 bits per heavy atom. The molecule has 0 unspecified atom stereocenters. The number of carbonyl (C=O) groups excluding carboxylic acids is 1. The molecule has 2 nitrogen and oxygen atoms in total. The lowest BCUT2D eigenvalue weighted by atomic mass is 10.1. The molecule has 0 N–H and O–H groups in total. The number of aldehydes is 1. The van der Waals surface area contributed by atoms with Crippen LogP contribution < -0.4 is 4.90 Å². The number of rotatable bonds is 6. The highest BCUT2D eigenvalue weighted by Gasteiger charge is 2.23. The van der Waals surface area contributed by atoms with Gasteiger partial charge in [0.2, 0.25) is 0 Å². The fraction of sp³-hybridized carbons (Fsp3) is 0.316. The van der Waals surface area contributed by atoms with Crippen LogP contribution >= 0.6 is 34.4 Å². The number of hydrogen-bond acceptors (Lipinski definition) is 3. The molecule has 0 bridgehead atoms. The first-order valence-electron chi connectivity index (χ1n) is 8.07. The van der Waals surface area contributed by atoms with Crippen molar-refractivity contribution in [3.63, 3.8) is 0 Å². The normalized spacial score (nSPS) is 12.7. The zero-order valence-corrected chi connectivity index (χ0v) is 16.2. The SMILES string of the molecule is CCCCCCN1c2ccc(I)cc2Sc2cc(C=O)ccc21. The molecule has 0 spiro atoms. The summed E-state index contributed by atoms with van der Waals surface area (Å²) in [6, 6.07) is 12.6. The third-order valence-corrected chi connectivity index (χ3v) is 5.84. The first-order valence-corrected chi connectivity index (χ1v) is 9.96. The van der Waals surface area contributed by atoms with Crippen LogP contribution in [0.1, 0.15) is 43.0 Å². The van der Waals surface area contributed by atoms with Crippen molar-refractivity contribution in [3.8, 4) is 0 Å². The van der Waals surface area contributed by atoms with Gasteiger partial charge in [-0.1, -0.05) is 37.9 Å². The lowest BCUT2D eigenvalue weighted by Crippen LogP contribution is -2.22. The predicted molar refractivity (Wildman–Crippen MR) is 106 cm³/mol. The van der Waals surface area contributed by atoms with Crippen LogP contribution in [0.3, 0.4) is 0 Å². The van der Waals surface area contributed by atoms with E-state index in [9.17, 15) is 4.79 Å². The highest BCUT2D eigenvalue weighted by Crippen LogP contribution is 2.48. The van der Waals surface area contributed by atoms with E-state index in [0.29, 0.717) is 0 Å². The van der Waals surface area contributed by atoms with Gasteiger partial charge in [-0.15, -0.1) is 0 Å². The molecule has 0 atom stereocenters. The van der Waals surface area contributed by atoms with Gasteiger partial charge < -0.3 is 4.90 Å². The number of carbonyl (C=O) groups is 1. The molecule has 2 aromatic carbocycles. The quantitative estimate of drug-likeness (QED) is 0.301. The Morgan fingerprint density at radius 3 is 2.52 bits per heavy atom. The summed E-state index contributed by atoms with van der Waals surface area (Å²) < 4.78 is 1.25. The molecule has 0 radical (unpaired) electrons. The fourth-order valence-corrected chi connectivity index (χ4v) is 4.77. The molecule has 0 amide bonds. The average Bonchev–Trinajstić information content (AvgIpc) is 2.57. The zero-order chi connectivity index (χ0) is 16.2. The minimum Gasteiger partial charge on any atom is -0.340 e. The van der Waals surface area contributed by atoms with Crippen LogP contribution in [-0.4, -0.2) is 12.8 Å². The Balaban J connectivity index is 1.95. The van der Waals surface area contributed by atoms with Crippen molar-refractivity contribution in [2.75, 3.05) is 11.4 Å². The van der Waals surface area contributed by atoms with Crippen LogP contribution in [0.4, 0.5) is 11.4 Å². The third kappa shape index (κ3) is 3.74. The minimum atomic E-state index is 0.747. The number of anilines is 2. The zero-order valence-electron chi connectivity index (χ0n) is 13.2. The Bertz CT molecular complexity index is 717. The van der Waals surface area contributed by atoms with E-state index in [1.807, 2.05) is 12.1 Å². The van der Waals surface area contributed by atoms with Crippen LogP contribution in [-0.2, 0) is 0 Å². The van der Waals surface area contributed by atoms with Crippen molar-refractivity contribution < 1.29 is 4.79 Å². The molecule has 2 aromatic rings. The Labute approximate surface area is 155 Å². The summed E-state index contributed by atoms with van der Waals surface area (Å²) in [5.41, 5.74) is 3.26. The van der Waals surface area contributed by atoms with Crippen LogP contribution in [0.25, 0.3) is 0 Å². The highest BCUT2D eigenvalue weighted by molar-refractivity contribution is 14.1. The van der Waals surface area contributed by atoms with Crippen LogP contribution in [0.2, 0.25) is 0 Å². The molecule has 0 saturated carbocycles. The van der Waals surface area contributed by atoms with Crippen molar-refractivity contribution in [2.24, 2.45) is 0 Å². The molecule has 0 saturated heterocycles. The Kier molecular flexibility index (Phi) is 5.64. The van der Waals surface area contributed by atoms with Crippen molar-refractivity contribution in [1.82, 2.24) is 0 Å². The first kappa shape index (κ1) is 16.8. The van der Waals surface area contributed by atoms with Crippen molar-refractivity contribution in [1.29, 1.82) is 0 Å². The highest BCUT2D eigenvalue weighted by atomic mass is 127. The molecule has 0 aromatic heterocycles. The van der Waals surface area contributed by atoms with Gasteiger partial charge in [-0.25, -0.2) is 0 Å². The number of halogens is 1. The summed E-state index contributed by atoms with van der Waals surface area (Å²) in [6.45, 7) is 3.27. The molecule has 3 rings (SSSR count). The minimum absolute atomic E-state index is 0.747. The molecule has 0 aliphatic carbocycles. The van der Waals surface area contributed by atoms with Crippen LogP contribution in [0.5, 0.6) is 0 Å². The maximum atomic E-state index is 11.1. The maximum absolute atomic E-state index is 11.1. The molecule has 23 heavy (non-hydrogen) atoms. The van der Waals surface area contributed by atoms with Crippen molar-refractivity contribution >= 4 is 52.0 Å². The molecule has 4 heteroatoms. The average molecular weight is 437 g/mol. The summed E-state index contributed by atoms with van der Waals surface area (Å²) in [6.07, 6.45) is 5.93. The number of benzene rings is 2. The summed E-state index contributed by atoms with van der Waals surface area (Å²) in [5, 5.41) is 0. The van der Waals surface area contributed by atoms with Gasteiger partial charge in [0, 0.05) is 25.5 Å².